The van der Waals surface area contributed by atoms with E-state index in [0.717, 1.165) is 27.1 Å². The van der Waals surface area contributed by atoms with Crippen molar-refractivity contribution in [2.45, 2.75) is 0 Å². The summed E-state index contributed by atoms with van der Waals surface area (Å²) in [5.74, 6) is 0.848. The predicted molar refractivity (Wildman–Crippen MR) is 76.3 cm³/mol. The highest BCUT2D eigenvalue weighted by Crippen LogP contribution is 2.28. The van der Waals surface area contributed by atoms with Gasteiger partial charge in [0.05, 0.1) is 7.11 Å². The molecule has 2 aromatic carbocycles. The summed E-state index contributed by atoms with van der Waals surface area (Å²) >= 11 is 1.49. The lowest BCUT2D eigenvalue weighted by Crippen LogP contribution is -1.83. The van der Waals surface area contributed by atoms with Crippen LogP contribution in [0.4, 0.5) is 0 Å². The van der Waals surface area contributed by atoms with E-state index < -0.39 is 0 Å². The first-order valence-corrected chi connectivity index (χ1v) is 6.62. The highest BCUT2D eigenvalue weighted by atomic mass is 32.1. The van der Waals surface area contributed by atoms with E-state index in [1.807, 2.05) is 30.3 Å². The second-order valence-electron chi connectivity index (χ2n) is 4.08. The molecule has 1 aromatic heterocycles. The zero-order chi connectivity index (χ0) is 13.2. The Kier molecular flexibility index (Phi) is 2.90. The van der Waals surface area contributed by atoms with Gasteiger partial charge >= 0.3 is 0 Å². The van der Waals surface area contributed by atoms with Gasteiger partial charge in [-0.3, -0.25) is 0 Å². The number of hydrogen-bond acceptors (Lipinski definition) is 4. The summed E-state index contributed by atoms with van der Waals surface area (Å²) in [5, 5.41) is 13.7. The summed E-state index contributed by atoms with van der Waals surface area (Å²) < 4.78 is 5.21. The number of rotatable bonds is 2. The lowest BCUT2D eigenvalue weighted by molar-refractivity contribution is 0.415. The normalized spacial score (nSPS) is 10.3. The van der Waals surface area contributed by atoms with Gasteiger partial charge in [0.1, 0.15) is 16.8 Å². The fourth-order valence-electron chi connectivity index (χ4n) is 1.94. The minimum atomic E-state index is 0.467. The van der Waals surface area contributed by atoms with Crippen LogP contribution in [0.25, 0.3) is 21.3 Å². The van der Waals surface area contributed by atoms with Gasteiger partial charge in [0.25, 0.3) is 0 Å². The molecule has 0 N–H and O–H groups in total. The van der Waals surface area contributed by atoms with Crippen molar-refractivity contribution in [1.29, 1.82) is 5.26 Å². The smallest absolute Gasteiger partial charge is 0.152 e. The number of hydrogen-bond donors (Lipinski definition) is 0. The summed E-state index contributed by atoms with van der Waals surface area (Å²) in [7, 11) is 1.66. The lowest BCUT2D eigenvalue weighted by Gasteiger charge is -2.04. The Bertz CT molecular complexity index is 786. The molecule has 0 saturated carbocycles. The summed E-state index contributed by atoms with van der Waals surface area (Å²) in [5.41, 5.74) is 1.50. The Morgan fingerprint density at radius 1 is 1.16 bits per heavy atom. The van der Waals surface area contributed by atoms with Crippen molar-refractivity contribution >= 4 is 22.1 Å². The Hall–Kier alpha value is -2.38. The molecule has 0 aliphatic carbocycles. The Morgan fingerprint density at radius 2 is 1.95 bits per heavy atom. The van der Waals surface area contributed by atoms with Crippen LogP contribution in [0, 0.1) is 11.3 Å². The number of benzene rings is 2. The molecule has 0 amide bonds. The number of fused-ring (bicyclic) bond motifs is 1. The Labute approximate surface area is 114 Å². The van der Waals surface area contributed by atoms with Gasteiger partial charge in [0.15, 0.2) is 5.69 Å². The topological polar surface area (TPSA) is 45.9 Å². The van der Waals surface area contributed by atoms with Crippen LogP contribution in [0.5, 0.6) is 5.75 Å². The molecule has 92 valence electrons. The molecular weight excluding hydrogens is 256 g/mol. The highest BCUT2D eigenvalue weighted by molar-refractivity contribution is 7.13. The zero-order valence-corrected chi connectivity index (χ0v) is 11.1. The number of ether oxygens (including phenoxy) is 1. The molecule has 0 unspecified atom stereocenters. The molecule has 3 aromatic rings. The van der Waals surface area contributed by atoms with Gasteiger partial charge in [-0.05, 0) is 29.0 Å². The van der Waals surface area contributed by atoms with Crippen LogP contribution in [0.2, 0.25) is 0 Å². The van der Waals surface area contributed by atoms with Gasteiger partial charge < -0.3 is 4.74 Å². The molecule has 0 radical (unpaired) electrons. The zero-order valence-electron chi connectivity index (χ0n) is 10.3. The highest BCUT2D eigenvalue weighted by Gasteiger charge is 2.05. The van der Waals surface area contributed by atoms with Gasteiger partial charge in [0, 0.05) is 10.9 Å². The maximum absolute atomic E-state index is 8.81. The lowest BCUT2D eigenvalue weighted by atomic mass is 10.1. The molecule has 4 heteroatoms. The molecule has 0 bridgehead atoms. The van der Waals surface area contributed by atoms with E-state index in [-0.39, 0.29) is 0 Å². The van der Waals surface area contributed by atoms with E-state index in [1.165, 1.54) is 11.3 Å². The molecule has 3 rings (SSSR count). The molecular formula is C15H10N2OS. The van der Waals surface area contributed by atoms with Crippen molar-refractivity contribution in [1.82, 2.24) is 4.98 Å². The Morgan fingerprint density at radius 3 is 2.68 bits per heavy atom. The van der Waals surface area contributed by atoms with E-state index in [9.17, 15) is 0 Å². The standard InChI is InChI=1S/C15H10N2OS/c1-18-14-5-4-10-6-12(3-2-11(10)7-14)15-17-13(8-16)9-19-15/h2-7,9H,1H3. The van der Waals surface area contributed by atoms with E-state index in [0.29, 0.717) is 5.69 Å². The number of nitrogens with zero attached hydrogens (tertiary/aromatic N) is 2. The van der Waals surface area contributed by atoms with Gasteiger partial charge in [0.2, 0.25) is 0 Å². The second-order valence-corrected chi connectivity index (χ2v) is 4.94. The maximum atomic E-state index is 8.81. The van der Waals surface area contributed by atoms with Crippen molar-refractivity contribution < 1.29 is 4.74 Å². The van der Waals surface area contributed by atoms with Crippen LogP contribution in [0.15, 0.2) is 41.8 Å². The van der Waals surface area contributed by atoms with Crippen molar-refractivity contribution in [3.63, 3.8) is 0 Å². The van der Waals surface area contributed by atoms with Crippen molar-refractivity contribution in [2.75, 3.05) is 7.11 Å². The van der Waals surface area contributed by atoms with Crippen LogP contribution < -0.4 is 4.74 Å². The number of aromatic nitrogens is 1. The van der Waals surface area contributed by atoms with Crippen molar-refractivity contribution in [3.05, 3.63) is 47.5 Å². The number of nitriles is 1. The molecule has 0 saturated heterocycles. The molecule has 0 spiro atoms. The maximum Gasteiger partial charge on any atom is 0.152 e. The average molecular weight is 266 g/mol. The first kappa shape index (κ1) is 11.7. The summed E-state index contributed by atoms with van der Waals surface area (Å²) in [6.07, 6.45) is 0. The SMILES string of the molecule is COc1ccc2cc(-c3nc(C#N)cs3)ccc2c1. The summed E-state index contributed by atoms with van der Waals surface area (Å²) in [6, 6.07) is 14.2. The largest absolute Gasteiger partial charge is 0.497 e. The molecule has 19 heavy (non-hydrogen) atoms. The van der Waals surface area contributed by atoms with E-state index in [4.69, 9.17) is 10.00 Å². The fourth-order valence-corrected chi connectivity index (χ4v) is 2.68. The predicted octanol–water partition coefficient (Wildman–Crippen LogP) is 3.84. The van der Waals surface area contributed by atoms with Crippen molar-refractivity contribution in [3.8, 4) is 22.4 Å². The first-order chi connectivity index (χ1) is 9.30. The van der Waals surface area contributed by atoms with Gasteiger partial charge in [-0.2, -0.15) is 5.26 Å². The molecule has 1 heterocycles. The number of methoxy groups -OCH3 is 1. The van der Waals surface area contributed by atoms with Crippen LogP contribution in [-0.4, -0.2) is 12.1 Å². The summed E-state index contributed by atoms with van der Waals surface area (Å²) in [4.78, 5) is 4.27. The second kappa shape index (κ2) is 4.71. The average Bonchev–Trinajstić information content (AvgIpc) is 2.95. The first-order valence-electron chi connectivity index (χ1n) is 5.74. The molecule has 0 aliphatic rings. The van der Waals surface area contributed by atoms with Crippen molar-refractivity contribution in [2.24, 2.45) is 0 Å². The quantitative estimate of drug-likeness (QED) is 0.708. The van der Waals surface area contributed by atoms with Crippen LogP contribution in [-0.2, 0) is 0 Å². The summed E-state index contributed by atoms with van der Waals surface area (Å²) in [6.45, 7) is 0. The van der Waals surface area contributed by atoms with Gasteiger partial charge in [-0.1, -0.05) is 18.2 Å². The molecule has 0 atom stereocenters. The third-order valence-corrected chi connectivity index (χ3v) is 3.80. The Balaban J connectivity index is 2.09. The molecule has 0 aliphatic heterocycles. The van der Waals surface area contributed by atoms with E-state index in [1.54, 1.807) is 12.5 Å². The minimum Gasteiger partial charge on any atom is -0.497 e. The third-order valence-electron chi connectivity index (χ3n) is 2.91. The molecule has 0 fully saturated rings. The number of thiazole rings is 1. The van der Waals surface area contributed by atoms with Crippen LogP contribution in [0.1, 0.15) is 5.69 Å². The molecule has 3 nitrogen and oxygen atoms in total. The third kappa shape index (κ3) is 2.16. The van der Waals surface area contributed by atoms with Crippen LogP contribution >= 0.6 is 11.3 Å². The van der Waals surface area contributed by atoms with E-state index >= 15 is 0 Å². The monoisotopic (exact) mass is 266 g/mol. The van der Waals surface area contributed by atoms with Crippen LogP contribution in [0.3, 0.4) is 0 Å². The van der Waals surface area contributed by atoms with Gasteiger partial charge in [-0.25, -0.2) is 4.98 Å². The fraction of sp³-hybridized carbons (Fsp3) is 0.0667. The minimum absolute atomic E-state index is 0.467. The van der Waals surface area contributed by atoms with E-state index in [2.05, 4.69) is 17.1 Å². The van der Waals surface area contributed by atoms with Gasteiger partial charge in [-0.15, -0.1) is 11.3 Å².